The molecule has 0 radical (unpaired) electrons. The van der Waals surface area contributed by atoms with Crippen LogP contribution in [0.1, 0.15) is 28.7 Å². The number of esters is 1. The third kappa shape index (κ3) is 3.12. The molecule has 0 atom stereocenters. The van der Waals surface area contributed by atoms with Crippen molar-refractivity contribution in [2.45, 2.75) is 20.8 Å². The summed E-state index contributed by atoms with van der Waals surface area (Å²) in [7, 11) is 0. The number of hydrogen-bond acceptors (Lipinski definition) is 5. The van der Waals surface area contributed by atoms with E-state index < -0.39 is 0 Å². The van der Waals surface area contributed by atoms with E-state index in [1.165, 1.54) is 0 Å². The van der Waals surface area contributed by atoms with E-state index >= 15 is 0 Å². The first-order valence-corrected chi connectivity index (χ1v) is 6.45. The molecule has 1 N–H and O–H groups in total. The molecule has 2 aromatic rings. The summed E-state index contributed by atoms with van der Waals surface area (Å²) in [6.07, 6.45) is 1.63. The highest BCUT2D eigenvalue weighted by atomic mass is 16.5. The minimum absolute atomic E-state index is 0.332. The van der Waals surface area contributed by atoms with E-state index in [0.29, 0.717) is 18.0 Å². The van der Waals surface area contributed by atoms with Crippen LogP contribution in [0.3, 0.4) is 0 Å². The summed E-state index contributed by atoms with van der Waals surface area (Å²) in [5, 5.41) is 3.13. The number of pyridine rings is 2. The Bertz CT molecular complexity index is 626. The van der Waals surface area contributed by atoms with Gasteiger partial charge in [-0.2, -0.15) is 0 Å². The average molecular weight is 271 g/mol. The van der Waals surface area contributed by atoms with Crippen LogP contribution < -0.4 is 5.32 Å². The van der Waals surface area contributed by atoms with E-state index in [9.17, 15) is 4.79 Å². The maximum atomic E-state index is 11.9. The molecular weight excluding hydrogens is 254 g/mol. The van der Waals surface area contributed by atoms with Gasteiger partial charge in [-0.25, -0.2) is 9.78 Å². The van der Waals surface area contributed by atoms with Gasteiger partial charge in [-0.3, -0.25) is 4.98 Å². The van der Waals surface area contributed by atoms with Gasteiger partial charge in [0.15, 0.2) is 0 Å². The van der Waals surface area contributed by atoms with Crippen LogP contribution in [0.15, 0.2) is 30.5 Å². The summed E-state index contributed by atoms with van der Waals surface area (Å²) in [6.45, 7) is 5.94. The van der Waals surface area contributed by atoms with E-state index in [-0.39, 0.29) is 5.97 Å². The molecule has 0 aliphatic heterocycles. The molecule has 5 heteroatoms. The normalized spacial score (nSPS) is 10.2. The van der Waals surface area contributed by atoms with Crippen molar-refractivity contribution in [1.29, 1.82) is 0 Å². The molecule has 0 spiro atoms. The van der Waals surface area contributed by atoms with Gasteiger partial charge in [0, 0.05) is 11.9 Å². The third-order valence-corrected chi connectivity index (χ3v) is 2.78. The van der Waals surface area contributed by atoms with E-state index in [4.69, 9.17) is 4.74 Å². The van der Waals surface area contributed by atoms with Gasteiger partial charge in [0.25, 0.3) is 0 Å². The van der Waals surface area contributed by atoms with E-state index in [2.05, 4.69) is 15.3 Å². The standard InChI is InChI=1S/C15H17N3O2/c1-4-20-15(19)12-6-5-9-16-14(12)18-13-8-7-10(2)17-11(13)3/h5-9H,4H2,1-3H3,(H,16,18). The zero-order chi connectivity index (χ0) is 14.5. The van der Waals surface area contributed by atoms with Crippen LogP contribution in [-0.2, 0) is 4.74 Å². The van der Waals surface area contributed by atoms with Gasteiger partial charge in [-0.05, 0) is 45.0 Å². The number of nitrogens with zero attached hydrogens (tertiary/aromatic N) is 2. The van der Waals surface area contributed by atoms with Crippen molar-refractivity contribution in [3.8, 4) is 0 Å². The fourth-order valence-electron chi connectivity index (χ4n) is 1.82. The molecule has 2 rings (SSSR count). The fraction of sp³-hybridized carbons (Fsp3) is 0.267. The Labute approximate surface area is 118 Å². The zero-order valence-electron chi connectivity index (χ0n) is 11.8. The number of nitrogens with one attached hydrogen (secondary N) is 1. The number of aryl methyl sites for hydroxylation is 2. The highest BCUT2D eigenvalue weighted by Gasteiger charge is 2.14. The summed E-state index contributed by atoms with van der Waals surface area (Å²) in [6, 6.07) is 7.21. The molecule has 0 aliphatic carbocycles. The van der Waals surface area contributed by atoms with Crippen molar-refractivity contribution in [3.05, 3.63) is 47.4 Å². The maximum absolute atomic E-state index is 11.9. The molecular formula is C15H17N3O2. The lowest BCUT2D eigenvalue weighted by Crippen LogP contribution is -2.09. The molecule has 0 amide bonds. The van der Waals surface area contributed by atoms with Crippen LogP contribution in [0.5, 0.6) is 0 Å². The second kappa shape index (κ2) is 6.14. The second-order valence-corrected chi connectivity index (χ2v) is 4.33. The van der Waals surface area contributed by atoms with Gasteiger partial charge < -0.3 is 10.1 Å². The Kier molecular flexibility index (Phi) is 4.30. The summed E-state index contributed by atoms with van der Waals surface area (Å²) in [4.78, 5) is 20.5. The average Bonchev–Trinajstić information content (AvgIpc) is 2.43. The van der Waals surface area contributed by atoms with Crippen LogP contribution in [-0.4, -0.2) is 22.5 Å². The Hall–Kier alpha value is -2.43. The number of rotatable bonds is 4. The predicted molar refractivity (Wildman–Crippen MR) is 77.2 cm³/mol. The molecule has 2 aromatic heterocycles. The highest BCUT2D eigenvalue weighted by Crippen LogP contribution is 2.21. The van der Waals surface area contributed by atoms with Crippen LogP contribution in [0.25, 0.3) is 0 Å². The topological polar surface area (TPSA) is 64.1 Å². The lowest BCUT2D eigenvalue weighted by Gasteiger charge is -2.12. The summed E-state index contributed by atoms with van der Waals surface area (Å²) < 4.78 is 5.02. The van der Waals surface area contributed by atoms with Crippen molar-refractivity contribution in [2.24, 2.45) is 0 Å². The summed E-state index contributed by atoms with van der Waals surface area (Å²) in [5.41, 5.74) is 3.03. The van der Waals surface area contributed by atoms with Gasteiger partial charge in [0.05, 0.1) is 18.0 Å². The lowest BCUT2D eigenvalue weighted by atomic mass is 10.2. The Morgan fingerprint density at radius 2 is 2.10 bits per heavy atom. The Morgan fingerprint density at radius 3 is 2.80 bits per heavy atom. The molecule has 2 heterocycles. The van der Waals surface area contributed by atoms with Gasteiger partial charge in [0.1, 0.15) is 11.4 Å². The van der Waals surface area contributed by atoms with Crippen molar-refractivity contribution >= 4 is 17.5 Å². The number of hydrogen-bond donors (Lipinski definition) is 1. The van der Waals surface area contributed by atoms with E-state index in [1.807, 2.05) is 26.0 Å². The zero-order valence-corrected chi connectivity index (χ0v) is 11.8. The Balaban J connectivity index is 2.31. The molecule has 104 valence electrons. The van der Waals surface area contributed by atoms with Crippen LogP contribution in [0, 0.1) is 13.8 Å². The second-order valence-electron chi connectivity index (χ2n) is 4.33. The number of aromatic nitrogens is 2. The smallest absolute Gasteiger partial charge is 0.341 e. The molecule has 0 aliphatic rings. The first-order chi connectivity index (χ1) is 9.61. The van der Waals surface area contributed by atoms with Crippen LogP contribution in [0.4, 0.5) is 11.5 Å². The summed E-state index contributed by atoms with van der Waals surface area (Å²) >= 11 is 0. The third-order valence-electron chi connectivity index (χ3n) is 2.78. The van der Waals surface area contributed by atoms with Gasteiger partial charge >= 0.3 is 5.97 Å². The quantitative estimate of drug-likeness (QED) is 0.866. The molecule has 0 bridgehead atoms. The van der Waals surface area contributed by atoms with Crippen LogP contribution in [0.2, 0.25) is 0 Å². The number of carbonyl (C=O) groups is 1. The molecule has 0 saturated carbocycles. The van der Waals surface area contributed by atoms with E-state index in [1.54, 1.807) is 25.3 Å². The van der Waals surface area contributed by atoms with Gasteiger partial charge in [-0.1, -0.05) is 0 Å². The number of ether oxygens (including phenoxy) is 1. The van der Waals surface area contributed by atoms with Crippen molar-refractivity contribution < 1.29 is 9.53 Å². The SMILES string of the molecule is CCOC(=O)c1cccnc1Nc1ccc(C)nc1C. The van der Waals surface area contributed by atoms with Crippen molar-refractivity contribution in [3.63, 3.8) is 0 Å². The molecule has 0 unspecified atom stereocenters. The number of anilines is 2. The molecule has 0 aromatic carbocycles. The summed E-state index contributed by atoms with van der Waals surface area (Å²) in [5.74, 6) is 0.0838. The predicted octanol–water partition coefficient (Wildman–Crippen LogP) is 3.01. The fourth-order valence-corrected chi connectivity index (χ4v) is 1.82. The Morgan fingerprint density at radius 1 is 1.30 bits per heavy atom. The van der Waals surface area contributed by atoms with Gasteiger partial charge in [0.2, 0.25) is 0 Å². The van der Waals surface area contributed by atoms with Gasteiger partial charge in [-0.15, -0.1) is 0 Å². The lowest BCUT2D eigenvalue weighted by molar-refractivity contribution is 0.0527. The molecule has 20 heavy (non-hydrogen) atoms. The van der Waals surface area contributed by atoms with Crippen molar-refractivity contribution in [1.82, 2.24) is 9.97 Å². The molecule has 0 fully saturated rings. The van der Waals surface area contributed by atoms with Crippen LogP contribution >= 0.6 is 0 Å². The highest BCUT2D eigenvalue weighted by molar-refractivity contribution is 5.95. The maximum Gasteiger partial charge on any atom is 0.341 e. The van der Waals surface area contributed by atoms with Crippen molar-refractivity contribution in [2.75, 3.05) is 11.9 Å². The first kappa shape index (κ1) is 14.0. The monoisotopic (exact) mass is 271 g/mol. The van der Waals surface area contributed by atoms with E-state index in [0.717, 1.165) is 17.1 Å². The minimum atomic E-state index is -0.388. The number of carbonyl (C=O) groups excluding carboxylic acids is 1. The minimum Gasteiger partial charge on any atom is -0.462 e. The first-order valence-electron chi connectivity index (χ1n) is 6.45. The molecule has 0 saturated heterocycles. The molecule has 5 nitrogen and oxygen atoms in total. The largest absolute Gasteiger partial charge is 0.462 e.